The fourth-order valence-corrected chi connectivity index (χ4v) is 1.10. The minimum absolute atomic E-state index is 0.00935. The fourth-order valence-electron chi connectivity index (χ4n) is 1.10. The van der Waals surface area contributed by atoms with Crippen molar-refractivity contribution in [2.24, 2.45) is 0 Å². The van der Waals surface area contributed by atoms with Gasteiger partial charge in [0.25, 0.3) is 11.8 Å². The lowest BCUT2D eigenvalue weighted by atomic mass is 10.4. The minimum Gasteiger partial charge on any atom is -0.422 e. The third-order valence-electron chi connectivity index (χ3n) is 1.88. The van der Waals surface area contributed by atoms with Gasteiger partial charge in [0, 0.05) is 20.0 Å². The maximum absolute atomic E-state index is 11.2. The molecule has 0 aromatic heterocycles. The molecule has 1 saturated heterocycles. The van der Waals surface area contributed by atoms with Crippen molar-refractivity contribution in [3.8, 4) is 0 Å². The van der Waals surface area contributed by atoms with Gasteiger partial charge in [-0.3, -0.25) is 9.59 Å². The Morgan fingerprint density at radius 1 is 1.28 bits per heavy atom. The molecule has 0 aliphatic carbocycles. The first kappa shape index (κ1) is 13.9. The number of carbonyl (C=O) groups excluding carboxylic acids is 4. The molecule has 100 valence electrons. The topological polar surface area (TPSA) is 111 Å². The Bertz CT molecular complexity index is 352. The quantitative estimate of drug-likeness (QED) is 0.494. The van der Waals surface area contributed by atoms with Gasteiger partial charge in [-0.05, 0) is 0 Å². The van der Waals surface area contributed by atoms with Gasteiger partial charge in [0.05, 0.1) is 0 Å². The molecule has 1 fully saturated rings. The van der Waals surface area contributed by atoms with Gasteiger partial charge in [0.1, 0.15) is 6.54 Å². The molecule has 18 heavy (non-hydrogen) atoms. The molecular formula is C9H12N2O7. The SMILES string of the molecule is COCOC(=O)NCC(=O)ON1C(=O)CCC1=O. The van der Waals surface area contributed by atoms with Gasteiger partial charge in [0.15, 0.2) is 6.79 Å². The van der Waals surface area contributed by atoms with Crippen molar-refractivity contribution in [2.45, 2.75) is 12.8 Å². The third kappa shape index (κ3) is 4.01. The zero-order valence-corrected chi connectivity index (χ0v) is 9.63. The van der Waals surface area contributed by atoms with E-state index in [0.29, 0.717) is 5.06 Å². The fraction of sp³-hybridized carbons (Fsp3) is 0.556. The van der Waals surface area contributed by atoms with Crippen LogP contribution in [0.15, 0.2) is 0 Å². The lowest BCUT2D eigenvalue weighted by Gasteiger charge is -2.12. The second kappa shape index (κ2) is 6.55. The van der Waals surface area contributed by atoms with Crippen LogP contribution in [0.25, 0.3) is 0 Å². The largest absolute Gasteiger partial charge is 0.422 e. The van der Waals surface area contributed by atoms with Crippen molar-refractivity contribution in [3.63, 3.8) is 0 Å². The monoisotopic (exact) mass is 260 g/mol. The zero-order chi connectivity index (χ0) is 13.5. The van der Waals surface area contributed by atoms with Crippen LogP contribution in [-0.2, 0) is 28.7 Å². The number of hydrogen-bond acceptors (Lipinski definition) is 7. The van der Waals surface area contributed by atoms with Crippen molar-refractivity contribution in [1.82, 2.24) is 10.4 Å². The van der Waals surface area contributed by atoms with Crippen LogP contribution in [0, 0.1) is 0 Å². The van der Waals surface area contributed by atoms with Gasteiger partial charge in [-0.2, -0.15) is 0 Å². The Morgan fingerprint density at radius 2 is 1.89 bits per heavy atom. The third-order valence-corrected chi connectivity index (χ3v) is 1.88. The van der Waals surface area contributed by atoms with E-state index in [1.54, 1.807) is 0 Å². The minimum atomic E-state index is -0.951. The summed E-state index contributed by atoms with van der Waals surface area (Å²) in [6.07, 6.45) is -0.863. The maximum Gasteiger partial charge on any atom is 0.409 e. The van der Waals surface area contributed by atoms with E-state index in [4.69, 9.17) is 0 Å². The molecule has 3 amide bonds. The van der Waals surface area contributed by atoms with Crippen LogP contribution in [0.2, 0.25) is 0 Å². The summed E-state index contributed by atoms with van der Waals surface area (Å²) >= 11 is 0. The molecule has 0 radical (unpaired) electrons. The van der Waals surface area contributed by atoms with E-state index in [2.05, 4.69) is 19.6 Å². The number of hydroxylamine groups is 2. The van der Waals surface area contributed by atoms with Crippen LogP contribution in [0.1, 0.15) is 12.8 Å². The molecule has 0 atom stereocenters. The highest BCUT2D eigenvalue weighted by atomic mass is 16.7. The molecular weight excluding hydrogens is 248 g/mol. The summed E-state index contributed by atoms with van der Waals surface area (Å²) in [6, 6.07) is 0. The predicted molar refractivity (Wildman–Crippen MR) is 53.5 cm³/mol. The number of nitrogens with zero attached hydrogens (tertiary/aromatic N) is 1. The average molecular weight is 260 g/mol. The van der Waals surface area contributed by atoms with Crippen LogP contribution in [0.5, 0.6) is 0 Å². The van der Waals surface area contributed by atoms with Crippen molar-refractivity contribution >= 4 is 23.9 Å². The molecule has 0 bridgehead atoms. The van der Waals surface area contributed by atoms with E-state index in [0.717, 1.165) is 0 Å². The Kier molecular flexibility index (Phi) is 5.06. The van der Waals surface area contributed by atoms with Crippen molar-refractivity contribution in [1.29, 1.82) is 0 Å². The van der Waals surface area contributed by atoms with Crippen LogP contribution in [0.4, 0.5) is 4.79 Å². The maximum atomic E-state index is 11.2. The highest BCUT2D eigenvalue weighted by molar-refractivity contribution is 6.01. The number of nitrogens with one attached hydrogen (secondary N) is 1. The molecule has 0 spiro atoms. The molecule has 0 aromatic rings. The van der Waals surface area contributed by atoms with Crippen LogP contribution >= 0.6 is 0 Å². The zero-order valence-electron chi connectivity index (χ0n) is 9.63. The summed E-state index contributed by atoms with van der Waals surface area (Å²) < 4.78 is 8.88. The molecule has 1 aliphatic heterocycles. The first-order chi connectivity index (χ1) is 8.54. The lowest BCUT2D eigenvalue weighted by molar-refractivity contribution is -0.196. The van der Waals surface area contributed by atoms with Gasteiger partial charge in [0.2, 0.25) is 0 Å². The lowest BCUT2D eigenvalue weighted by Crippen LogP contribution is -2.37. The summed E-state index contributed by atoms with van der Waals surface area (Å²) in [5.74, 6) is -2.13. The molecule has 1 aliphatic rings. The first-order valence-corrected chi connectivity index (χ1v) is 5.00. The molecule has 1 N–H and O–H groups in total. The average Bonchev–Trinajstić information content (AvgIpc) is 2.65. The van der Waals surface area contributed by atoms with Crippen LogP contribution in [-0.4, -0.2) is 49.4 Å². The Morgan fingerprint density at radius 3 is 2.44 bits per heavy atom. The van der Waals surface area contributed by atoms with E-state index in [9.17, 15) is 19.2 Å². The van der Waals surface area contributed by atoms with E-state index < -0.39 is 30.4 Å². The number of imide groups is 1. The number of methoxy groups -OCH3 is 1. The predicted octanol–water partition coefficient (Wildman–Crippen LogP) is -1.08. The molecule has 0 unspecified atom stereocenters. The Labute approximate surface area is 102 Å². The highest BCUT2D eigenvalue weighted by Gasteiger charge is 2.32. The summed E-state index contributed by atoms with van der Waals surface area (Å²) in [5, 5.41) is 2.45. The molecule has 1 heterocycles. The van der Waals surface area contributed by atoms with Gasteiger partial charge < -0.3 is 19.6 Å². The van der Waals surface area contributed by atoms with Crippen molar-refractivity contribution in [3.05, 3.63) is 0 Å². The number of alkyl carbamates (subject to hydrolysis) is 1. The van der Waals surface area contributed by atoms with E-state index in [1.807, 2.05) is 0 Å². The Hall–Kier alpha value is -2.16. The van der Waals surface area contributed by atoms with Crippen LogP contribution in [0.3, 0.4) is 0 Å². The summed E-state index contributed by atoms with van der Waals surface area (Å²) in [6.45, 7) is -0.788. The standard InChI is InChI=1S/C9H12N2O7/c1-16-5-17-9(15)10-4-8(14)18-11-6(12)2-3-7(11)13/h2-5H2,1H3,(H,10,15). The van der Waals surface area contributed by atoms with Gasteiger partial charge in [-0.25, -0.2) is 9.59 Å². The molecule has 9 heteroatoms. The number of amides is 3. The second-order valence-electron chi connectivity index (χ2n) is 3.24. The van der Waals surface area contributed by atoms with Crippen molar-refractivity contribution in [2.75, 3.05) is 20.4 Å². The van der Waals surface area contributed by atoms with Gasteiger partial charge in [-0.15, -0.1) is 5.06 Å². The number of rotatable bonds is 5. The highest BCUT2D eigenvalue weighted by Crippen LogP contribution is 2.11. The van der Waals surface area contributed by atoms with E-state index in [-0.39, 0.29) is 19.6 Å². The molecule has 1 rings (SSSR count). The van der Waals surface area contributed by atoms with Gasteiger partial charge >= 0.3 is 12.1 Å². The van der Waals surface area contributed by atoms with E-state index >= 15 is 0 Å². The summed E-state index contributed by atoms with van der Waals surface area (Å²) in [5.41, 5.74) is 0. The Balaban J connectivity index is 2.27. The van der Waals surface area contributed by atoms with E-state index in [1.165, 1.54) is 7.11 Å². The molecule has 9 nitrogen and oxygen atoms in total. The summed E-state index contributed by atoms with van der Waals surface area (Å²) in [7, 11) is 1.33. The smallest absolute Gasteiger partial charge is 0.409 e. The first-order valence-electron chi connectivity index (χ1n) is 5.00. The number of ether oxygens (including phenoxy) is 2. The summed E-state index contributed by atoms with van der Waals surface area (Å²) in [4.78, 5) is 48.8. The molecule has 0 aromatic carbocycles. The normalized spacial score (nSPS) is 14.6. The van der Waals surface area contributed by atoms with Crippen molar-refractivity contribution < 1.29 is 33.5 Å². The van der Waals surface area contributed by atoms with Gasteiger partial charge in [-0.1, -0.05) is 0 Å². The van der Waals surface area contributed by atoms with Crippen LogP contribution < -0.4 is 5.32 Å². The second-order valence-corrected chi connectivity index (χ2v) is 3.24. The molecule has 0 saturated carbocycles. The number of carbonyl (C=O) groups is 4. The number of hydrogen-bond donors (Lipinski definition) is 1.